The maximum atomic E-state index is 7.02. The summed E-state index contributed by atoms with van der Waals surface area (Å²) in [7, 11) is -2.46. The van der Waals surface area contributed by atoms with Crippen molar-refractivity contribution in [2.75, 3.05) is 0 Å². The molecular formula is C22H30OSi. The molecule has 0 fully saturated rings. The zero-order valence-corrected chi connectivity index (χ0v) is 16.7. The quantitative estimate of drug-likeness (QED) is 0.537. The second-order valence-electron chi connectivity index (χ2n) is 7.52. The first-order valence-corrected chi connectivity index (χ1v) is 10.7. The highest BCUT2D eigenvalue weighted by molar-refractivity contribution is 6.99. The van der Waals surface area contributed by atoms with Crippen LogP contribution < -0.4 is 10.4 Å². The maximum Gasteiger partial charge on any atom is 0.261 e. The second kappa shape index (κ2) is 7.50. The average Bonchev–Trinajstić information content (AvgIpc) is 2.56. The van der Waals surface area contributed by atoms with Gasteiger partial charge in [0.15, 0.2) is 0 Å². The fourth-order valence-corrected chi connectivity index (χ4v) is 8.25. The number of hydrogen-bond acceptors (Lipinski definition) is 1. The van der Waals surface area contributed by atoms with Crippen LogP contribution in [0.5, 0.6) is 0 Å². The summed E-state index contributed by atoms with van der Waals surface area (Å²) >= 11 is 0. The van der Waals surface area contributed by atoms with Gasteiger partial charge in [0.2, 0.25) is 0 Å². The standard InChI is InChI=1S/C22H30OSi/c1-7-21(18(2)3)23-24(22(4,5)6,19-14-10-8-11-15-19)20-16-12-9-13-17-20/h8-17,21H,2,7H2,1,3-6H3. The predicted octanol–water partition coefficient (Wildman–Crippen LogP) is 4.92. The molecule has 0 amide bonds. The normalized spacial score (nSPS) is 13.5. The van der Waals surface area contributed by atoms with Gasteiger partial charge in [-0.3, -0.25) is 0 Å². The van der Waals surface area contributed by atoms with Gasteiger partial charge in [0, 0.05) is 0 Å². The first-order chi connectivity index (χ1) is 11.3. The Labute approximate surface area is 148 Å². The van der Waals surface area contributed by atoms with E-state index in [9.17, 15) is 0 Å². The van der Waals surface area contributed by atoms with Crippen molar-refractivity contribution in [2.45, 2.75) is 52.2 Å². The van der Waals surface area contributed by atoms with Crippen LogP contribution in [0.4, 0.5) is 0 Å². The van der Waals surface area contributed by atoms with Crippen LogP contribution in [0.15, 0.2) is 72.8 Å². The molecule has 0 N–H and O–H groups in total. The maximum absolute atomic E-state index is 7.02. The molecule has 128 valence electrons. The van der Waals surface area contributed by atoms with Crippen molar-refractivity contribution in [1.29, 1.82) is 0 Å². The van der Waals surface area contributed by atoms with E-state index in [2.05, 4.69) is 102 Å². The zero-order valence-electron chi connectivity index (χ0n) is 15.7. The Bertz CT molecular complexity index is 616. The Balaban J connectivity index is 2.73. The monoisotopic (exact) mass is 338 g/mol. The molecule has 0 heterocycles. The summed E-state index contributed by atoms with van der Waals surface area (Å²) in [6.07, 6.45) is 1.02. The molecular weight excluding hydrogens is 308 g/mol. The topological polar surface area (TPSA) is 9.23 Å². The van der Waals surface area contributed by atoms with E-state index in [0.717, 1.165) is 12.0 Å². The summed E-state index contributed by atoms with van der Waals surface area (Å²) in [6.45, 7) is 15.4. The second-order valence-corrected chi connectivity index (χ2v) is 11.8. The van der Waals surface area contributed by atoms with Crippen LogP contribution in [-0.4, -0.2) is 14.4 Å². The Morgan fingerprint density at radius 2 is 1.38 bits per heavy atom. The van der Waals surface area contributed by atoms with Crippen molar-refractivity contribution in [3.8, 4) is 0 Å². The van der Waals surface area contributed by atoms with Crippen molar-refractivity contribution >= 4 is 18.7 Å². The fourth-order valence-electron chi connectivity index (χ4n) is 3.44. The van der Waals surface area contributed by atoms with Gasteiger partial charge in [0.05, 0.1) is 6.10 Å². The molecule has 1 unspecified atom stereocenters. The molecule has 0 aliphatic rings. The van der Waals surface area contributed by atoms with Gasteiger partial charge in [0.1, 0.15) is 0 Å². The molecule has 0 saturated heterocycles. The molecule has 2 aromatic carbocycles. The molecule has 0 spiro atoms. The molecule has 0 aromatic heterocycles. The minimum absolute atomic E-state index is 0.0125. The van der Waals surface area contributed by atoms with Gasteiger partial charge in [-0.2, -0.15) is 0 Å². The lowest BCUT2D eigenvalue weighted by molar-refractivity contribution is 0.217. The van der Waals surface area contributed by atoms with E-state index in [-0.39, 0.29) is 11.1 Å². The Morgan fingerprint density at radius 1 is 0.958 bits per heavy atom. The highest BCUT2D eigenvalue weighted by Crippen LogP contribution is 2.38. The minimum Gasteiger partial charge on any atom is -0.401 e. The van der Waals surface area contributed by atoms with Crippen LogP contribution in [-0.2, 0) is 4.43 Å². The van der Waals surface area contributed by atoms with Crippen molar-refractivity contribution in [2.24, 2.45) is 0 Å². The van der Waals surface area contributed by atoms with Gasteiger partial charge in [0.25, 0.3) is 8.32 Å². The molecule has 2 heteroatoms. The molecule has 0 bridgehead atoms. The fraction of sp³-hybridized carbons (Fsp3) is 0.364. The molecule has 24 heavy (non-hydrogen) atoms. The number of hydrogen-bond donors (Lipinski definition) is 0. The summed E-state index contributed by atoms with van der Waals surface area (Å²) in [5.41, 5.74) is 1.10. The van der Waals surface area contributed by atoms with Gasteiger partial charge < -0.3 is 4.43 Å². The van der Waals surface area contributed by atoms with Crippen LogP contribution in [0.3, 0.4) is 0 Å². The van der Waals surface area contributed by atoms with E-state index < -0.39 is 8.32 Å². The van der Waals surface area contributed by atoms with Crippen LogP contribution >= 0.6 is 0 Å². The van der Waals surface area contributed by atoms with E-state index in [1.807, 2.05) is 0 Å². The average molecular weight is 339 g/mol. The van der Waals surface area contributed by atoms with E-state index in [1.165, 1.54) is 10.4 Å². The minimum atomic E-state index is -2.46. The molecule has 1 nitrogen and oxygen atoms in total. The van der Waals surface area contributed by atoms with Crippen LogP contribution in [0, 0.1) is 0 Å². The molecule has 2 rings (SSSR count). The first kappa shape index (κ1) is 18.7. The van der Waals surface area contributed by atoms with Crippen molar-refractivity contribution in [3.05, 3.63) is 72.8 Å². The van der Waals surface area contributed by atoms with Crippen LogP contribution in [0.25, 0.3) is 0 Å². The summed E-state index contributed by atoms with van der Waals surface area (Å²) in [6, 6.07) is 21.6. The Kier molecular flexibility index (Phi) is 5.84. The summed E-state index contributed by atoms with van der Waals surface area (Å²) < 4.78 is 7.02. The summed E-state index contributed by atoms with van der Waals surface area (Å²) in [5.74, 6) is 0. The lowest BCUT2D eigenvalue weighted by Gasteiger charge is -2.45. The first-order valence-electron chi connectivity index (χ1n) is 8.77. The van der Waals surface area contributed by atoms with Crippen LogP contribution in [0.2, 0.25) is 5.04 Å². The zero-order chi connectivity index (χ0) is 17.8. The van der Waals surface area contributed by atoms with E-state index in [1.54, 1.807) is 0 Å². The van der Waals surface area contributed by atoms with Crippen molar-refractivity contribution in [3.63, 3.8) is 0 Å². The molecule has 0 saturated carbocycles. The SMILES string of the molecule is C=C(C)C(CC)O[Si](c1ccccc1)(c1ccccc1)C(C)(C)C. The van der Waals surface area contributed by atoms with Crippen molar-refractivity contribution < 1.29 is 4.43 Å². The van der Waals surface area contributed by atoms with E-state index in [0.29, 0.717) is 0 Å². The lowest BCUT2D eigenvalue weighted by atomic mass is 10.1. The van der Waals surface area contributed by atoms with Gasteiger partial charge in [-0.05, 0) is 28.8 Å². The molecule has 0 aliphatic heterocycles. The van der Waals surface area contributed by atoms with Gasteiger partial charge in [-0.15, -0.1) is 0 Å². The van der Waals surface area contributed by atoms with Gasteiger partial charge in [-0.25, -0.2) is 0 Å². The molecule has 0 radical (unpaired) electrons. The highest BCUT2D eigenvalue weighted by atomic mass is 28.4. The smallest absolute Gasteiger partial charge is 0.261 e. The molecule has 1 atom stereocenters. The van der Waals surface area contributed by atoms with Crippen LogP contribution in [0.1, 0.15) is 41.0 Å². The Hall–Kier alpha value is -1.64. The highest BCUT2D eigenvalue weighted by Gasteiger charge is 2.51. The third-order valence-electron chi connectivity index (χ3n) is 4.66. The molecule has 0 aliphatic carbocycles. The summed E-state index contributed by atoms with van der Waals surface area (Å²) in [5, 5.41) is 2.66. The Morgan fingerprint density at radius 3 is 1.67 bits per heavy atom. The predicted molar refractivity (Wildman–Crippen MR) is 108 cm³/mol. The number of benzene rings is 2. The molecule has 2 aromatic rings. The number of rotatable bonds is 6. The summed E-state index contributed by atoms with van der Waals surface area (Å²) in [4.78, 5) is 0. The third-order valence-corrected chi connectivity index (χ3v) is 9.70. The third kappa shape index (κ3) is 3.55. The van der Waals surface area contributed by atoms with E-state index >= 15 is 0 Å². The lowest BCUT2D eigenvalue weighted by Crippen LogP contribution is -2.67. The van der Waals surface area contributed by atoms with Gasteiger partial charge >= 0.3 is 0 Å². The van der Waals surface area contributed by atoms with Crippen molar-refractivity contribution in [1.82, 2.24) is 0 Å². The largest absolute Gasteiger partial charge is 0.401 e. The van der Waals surface area contributed by atoms with Gasteiger partial charge in [-0.1, -0.05) is 101 Å². The van der Waals surface area contributed by atoms with E-state index in [4.69, 9.17) is 4.43 Å².